The molecule has 0 unspecified atom stereocenters. The Bertz CT molecular complexity index is 1380. The first-order valence-corrected chi connectivity index (χ1v) is 9.76. The Morgan fingerprint density at radius 3 is 2.58 bits per heavy atom. The summed E-state index contributed by atoms with van der Waals surface area (Å²) < 4.78 is 16.0. The first kappa shape index (κ1) is 19.0. The lowest BCUT2D eigenvalue weighted by molar-refractivity contribution is 0.0430. The fraction of sp³-hybridized carbons (Fsp3) is 0.0435. The van der Waals surface area contributed by atoms with Gasteiger partial charge in [0.25, 0.3) is 5.89 Å². The second kappa shape index (κ2) is 8.04. The first-order valence-electron chi connectivity index (χ1n) is 9.38. The van der Waals surface area contributed by atoms with Crippen molar-refractivity contribution in [3.8, 4) is 22.7 Å². The molecule has 5 rings (SSSR count). The van der Waals surface area contributed by atoms with Crippen molar-refractivity contribution >= 4 is 28.5 Å². The van der Waals surface area contributed by atoms with Crippen LogP contribution in [-0.2, 0) is 11.3 Å². The number of nitrogens with zero attached hydrogens (tertiary/aromatic N) is 3. The van der Waals surface area contributed by atoms with E-state index < -0.39 is 5.97 Å². The van der Waals surface area contributed by atoms with Crippen LogP contribution < -0.4 is 0 Å². The van der Waals surface area contributed by atoms with Crippen LogP contribution >= 0.6 is 11.6 Å². The number of carbonyl (C=O) groups excluding carboxylic acids is 1. The average Bonchev–Trinajstić information content (AvgIpc) is 3.45. The number of benzene rings is 3. The van der Waals surface area contributed by atoms with E-state index in [0.29, 0.717) is 33.3 Å². The van der Waals surface area contributed by atoms with Gasteiger partial charge in [0.2, 0.25) is 5.82 Å². The van der Waals surface area contributed by atoms with E-state index in [-0.39, 0.29) is 12.5 Å². The molecule has 0 amide bonds. The molecule has 0 aliphatic carbocycles. The van der Waals surface area contributed by atoms with E-state index in [1.807, 2.05) is 36.4 Å². The van der Waals surface area contributed by atoms with E-state index in [1.165, 1.54) is 0 Å². The van der Waals surface area contributed by atoms with Crippen LogP contribution in [0.2, 0.25) is 5.02 Å². The standard InChI is InChI=1S/C23H14ClN3O4/c24-17-8-4-7-15(11-17)22-25-20(30-27-22)13-29-23(28)16-9-10-19-18(12-16)21(31-26-19)14-5-2-1-3-6-14/h1-12H,13H2. The predicted molar refractivity (Wildman–Crippen MR) is 113 cm³/mol. The molecule has 152 valence electrons. The van der Waals surface area contributed by atoms with Crippen LogP contribution in [0.1, 0.15) is 16.2 Å². The number of fused-ring (bicyclic) bond motifs is 1. The second-order valence-electron chi connectivity index (χ2n) is 6.71. The molecule has 7 nitrogen and oxygen atoms in total. The van der Waals surface area contributed by atoms with Crippen LogP contribution in [-0.4, -0.2) is 21.3 Å². The SMILES string of the molecule is O=C(OCc1nc(-c2cccc(Cl)c2)no1)c1ccc2noc(-c3ccccc3)c2c1. The van der Waals surface area contributed by atoms with Crippen LogP contribution in [0.5, 0.6) is 0 Å². The Morgan fingerprint density at radius 1 is 0.903 bits per heavy atom. The summed E-state index contributed by atoms with van der Waals surface area (Å²) in [6.45, 7) is -0.153. The zero-order chi connectivity index (χ0) is 21.2. The zero-order valence-electron chi connectivity index (χ0n) is 16.0. The third-order valence-electron chi connectivity index (χ3n) is 4.63. The minimum absolute atomic E-state index is 0.153. The van der Waals surface area contributed by atoms with Crippen molar-refractivity contribution in [3.05, 3.63) is 89.3 Å². The van der Waals surface area contributed by atoms with Gasteiger partial charge in [0.05, 0.1) is 10.9 Å². The highest BCUT2D eigenvalue weighted by Crippen LogP contribution is 2.29. The maximum absolute atomic E-state index is 12.6. The quantitative estimate of drug-likeness (QED) is 0.336. The fourth-order valence-electron chi connectivity index (χ4n) is 3.14. The Hall–Kier alpha value is -3.97. The molecule has 31 heavy (non-hydrogen) atoms. The van der Waals surface area contributed by atoms with Gasteiger partial charge in [-0.2, -0.15) is 4.98 Å². The van der Waals surface area contributed by atoms with E-state index in [4.69, 9.17) is 25.4 Å². The maximum atomic E-state index is 12.6. The molecule has 0 atom stereocenters. The molecule has 5 aromatic rings. The molecule has 8 heteroatoms. The number of ether oxygens (including phenoxy) is 1. The van der Waals surface area contributed by atoms with Crippen molar-refractivity contribution in [1.29, 1.82) is 0 Å². The molecule has 0 fully saturated rings. The fourth-order valence-corrected chi connectivity index (χ4v) is 3.33. The number of hydrogen-bond donors (Lipinski definition) is 0. The molecule has 0 N–H and O–H groups in total. The monoisotopic (exact) mass is 431 g/mol. The summed E-state index contributed by atoms with van der Waals surface area (Å²) in [6, 6.07) is 21.7. The molecule has 0 radical (unpaired) electrons. The molecule has 0 aliphatic heterocycles. The summed E-state index contributed by atoms with van der Waals surface area (Å²) in [6.07, 6.45) is 0. The normalized spacial score (nSPS) is 11.0. The summed E-state index contributed by atoms with van der Waals surface area (Å²) in [7, 11) is 0. The van der Waals surface area contributed by atoms with Gasteiger partial charge in [-0.05, 0) is 30.3 Å². The lowest BCUT2D eigenvalue weighted by Gasteiger charge is -2.02. The van der Waals surface area contributed by atoms with Gasteiger partial charge in [0, 0.05) is 16.1 Å². The van der Waals surface area contributed by atoms with Gasteiger partial charge < -0.3 is 13.8 Å². The number of halogens is 1. The molecule has 0 saturated carbocycles. The molecule has 2 heterocycles. The number of rotatable bonds is 5. The number of aromatic nitrogens is 3. The molecule has 3 aromatic carbocycles. The van der Waals surface area contributed by atoms with Gasteiger partial charge in [-0.1, -0.05) is 64.4 Å². The largest absolute Gasteiger partial charge is 0.452 e. The molecule has 0 aliphatic rings. The highest BCUT2D eigenvalue weighted by Gasteiger charge is 2.16. The van der Waals surface area contributed by atoms with Crippen molar-refractivity contribution in [3.63, 3.8) is 0 Å². The van der Waals surface area contributed by atoms with E-state index in [9.17, 15) is 4.79 Å². The number of esters is 1. The van der Waals surface area contributed by atoms with Crippen molar-refractivity contribution < 1.29 is 18.6 Å². The second-order valence-corrected chi connectivity index (χ2v) is 7.14. The van der Waals surface area contributed by atoms with E-state index in [2.05, 4.69) is 15.3 Å². The lowest BCUT2D eigenvalue weighted by atomic mass is 10.1. The third kappa shape index (κ3) is 3.91. The summed E-state index contributed by atoms with van der Waals surface area (Å²) in [5, 5.41) is 9.25. The predicted octanol–water partition coefficient (Wildman–Crippen LogP) is 5.56. The highest BCUT2D eigenvalue weighted by atomic mass is 35.5. The average molecular weight is 432 g/mol. The van der Waals surface area contributed by atoms with Gasteiger partial charge in [-0.25, -0.2) is 4.79 Å². The summed E-state index contributed by atoms with van der Waals surface area (Å²) in [5.41, 5.74) is 2.59. The van der Waals surface area contributed by atoms with E-state index in [0.717, 1.165) is 10.9 Å². The van der Waals surface area contributed by atoms with Gasteiger partial charge in [-0.3, -0.25) is 0 Å². The maximum Gasteiger partial charge on any atom is 0.338 e. The smallest absolute Gasteiger partial charge is 0.338 e. The van der Waals surface area contributed by atoms with Crippen LogP contribution in [0.3, 0.4) is 0 Å². The zero-order valence-corrected chi connectivity index (χ0v) is 16.7. The minimum Gasteiger partial charge on any atom is -0.452 e. The van der Waals surface area contributed by atoms with Crippen LogP contribution in [0, 0.1) is 0 Å². The Morgan fingerprint density at radius 2 is 1.74 bits per heavy atom. The van der Waals surface area contributed by atoms with Gasteiger partial charge >= 0.3 is 5.97 Å². The topological polar surface area (TPSA) is 91.2 Å². The van der Waals surface area contributed by atoms with E-state index in [1.54, 1.807) is 36.4 Å². The van der Waals surface area contributed by atoms with E-state index >= 15 is 0 Å². The number of carbonyl (C=O) groups is 1. The molecule has 0 saturated heterocycles. The third-order valence-corrected chi connectivity index (χ3v) is 4.86. The van der Waals surface area contributed by atoms with Crippen molar-refractivity contribution in [2.24, 2.45) is 0 Å². The van der Waals surface area contributed by atoms with Crippen molar-refractivity contribution in [1.82, 2.24) is 15.3 Å². The summed E-state index contributed by atoms with van der Waals surface area (Å²) in [4.78, 5) is 16.8. The Balaban J connectivity index is 1.33. The minimum atomic E-state index is -0.524. The summed E-state index contributed by atoms with van der Waals surface area (Å²) >= 11 is 5.99. The van der Waals surface area contributed by atoms with Crippen LogP contribution in [0.15, 0.2) is 81.8 Å². The molecule has 0 spiro atoms. The molecular formula is C23H14ClN3O4. The molecular weight excluding hydrogens is 418 g/mol. The van der Waals surface area contributed by atoms with Crippen molar-refractivity contribution in [2.75, 3.05) is 0 Å². The highest BCUT2D eigenvalue weighted by molar-refractivity contribution is 6.30. The number of hydrogen-bond acceptors (Lipinski definition) is 7. The van der Waals surface area contributed by atoms with Crippen molar-refractivity contribution in [2.45, 2.75) is 6.61 Å². The molecule has 0 bridgehead atoms. The van der Waals surface area contributed by atoms with Crippen LogP contribution in [0.4, 0.5) is 0 Å². The van der Waals surface area contributed by atoms with Gasteiger partial charge in [0.1, 0.15) is 5.52 Å². The first-order chi connectivity index (χ1) is 15.2. The Labute approximate surface area is 181 Å². The van der Waals surface area contributed by atoms with Gasteiger partial charge in [0.15, 0.2) is 12.4 Å². The van der Waals surface area contributed by atoms with Gasteiger partial charge in [-0.15, -0.1) is 0 Å². The lowest BCUT2D eigenvalue weighted by Crippen LogP contribution is -2.05. The summed E-state index contributed by atoms with van der Waals surface area (Å²) in [5.74, 6) is 0.615. The van der Waals surface area contributed by atoms with Crippen LogP contribution in [0.25, 0.3) is 33.6 Å². The molecule has 2 aromatic heterocycles. The Kier molecular flexibility index (Phi) is 4.93.